The van der Waals surface area contributed by atoms with Crippen LogP contribution in [0.1, 0.15) is 17.0 Å². The lowest BCUT2D eigenvalue weighted by Gasteiger charge is -2.10. The number of benzene rings is 3. The molecular formula is C21H17ClN2. The molecule has 0 saturated carbocycles. The summed E-state index contributed by atoms with van der Waals surface area (Å²) in [5, 5.41) is 0.720. The fourth-order valence-electron chi connectivity index (χ4n) is 3.01. The van der Waals surface area contributed by atoms with Gasteiger partial charge in [0.25, 0.3) is 0 Å². The zero-order valence-electron chi connectivity index (χ0n) is 13.2. The summed E-state index contributed by atoms with van der Waals surface area (Å²) in [4.78, 5) is 4.84. The van der Waals surface area contributed by atoms with Gasteiger partial charge < -0.3 is 4.57 Å². The highest BCUT2D eigenvalue weighted by Crippen LogP contribution is 2.23. The summed E-state index contributed by atoms with van der Waals surface area (Å²) in [6.45, 7) is 0.807. The highest BCUT2D eigenvalue weighted by atomic mass is 35.5. The molecule has 0 aliphatic carbocycles. The van der Waals surface area contributed by atoms with Crippen molar-refractivity contribution < 1.29 is 0 Å². The minimum absolute atomic E-state index is 0.720. The highest BCUT2D eigenvalue weighted by molar-refractivity contribution is 6.31. The Kier molecular flexibility index (Phi) is 4.06. The molecular weight excluding hydrogens is 316 g/mol. The molecule has 0 unspecified atom stereocenters. The standard InChI is InChI=1S/C21H17ClN2/c22-18-11-12-20-19(14-18)23-21(13-16-7-3-1-4-8-16)24(20)15-17-9-5-2-6-10-17/h1-12,14H,13,15H2. The molecule has 4 rings (SSSR count). The van der Waals surface area contributed by atoms with Crippen LogP contribution < -0.4 is 0 Å². The van der Waals surface area contributed by atoms with Crippen LogP contribution in [0, 0.1) is 0 Å². The van der Waals surface area contributed by atoms with Gasteiger partial charge >= 0.3 is 0 Å². The Morgan fingerprint density at radius 2 is 1.46 bits per heavy atom. The highest BCUT2D eigenvalue weighted by Gasteiger charge is 2.12. The van der Waals surface area contributed by atoms with Crippen molar-refractivity contribution >= 4 is 22.6 Å². The van der Waals surface area contributed by atoms with Crippen molar-refractivity contribution in [3.05, 3.63) is 101 Å². The van der Waals surface area contributed by atoms with Crippen molar-refractivity contribution in [1.82, 2.24) is 9.55 Å². The third kappa shape index (κ3) is 3.06. The summed E-state index contributed by atoms with van der Waals surface area (Å²) < 4.78 is 2.29. The molecule has 0 amide bonds. The monoisotopic (exact) mass is 332 g/mol. The number of rotatable bonds is 4. The molecule has 0 bridgehead atoms. The number of fused-ring (bicyclic) bond motifs is 1. The maximum absolute atomic E-state index is 6.15. The first-order valence-corrected chi connectivity index (χ1v) is 8.40. The normalized spacial score (nSPS) is 11.0. The van der Waals surface area contributed by atoms with Gasteiger partial charge in [0.15, 0.2) is 0 Å². The van der Waals surface area contributed by atoms with Crippen LogP contribution in [0.3, 0.4) is 0 Å². The van der Waals surface area contributed by atoms with Crippen LogP contribution in [-0.4, -0.2) is 9.55 Å². The first-order chi connectivity index (χ1) is 11.8. The van der Waals surface area contributed by atoms with Crippen LogP contribution in [0.15, 0.2) is 78.9 Å². The van der Waals surface area contributed by atoms with E-state index in [9.17, 15) is 0 Å². The smallest absolute Gasteiger partial charge is 0.114 e. The van der Waals surface area contributed by atoms with E-state index in [4.69, 9.17) is 16.6 Å². The second kappa shape index (κ2) is 6.50. The molecule has 0 saturated heterocycles. The van der Waals surface area contributed by atoms with Gasteiger partial charge in [0.2, 0.25) is 0 Å². The predicted molar refractivity (Wildman–Crippen MR) is 99.5 cm³/mol. The average molecular weight is 333 g/mol. The van der Waals surface area contributed by atoms with E-state index in [1.807, 2.05) is 24.3 Å². The quantitative estimate of drug-likeness (QED) is 0.494. The van der Waals surface area contributed by atoms with E-state index in [-0.39, 0.29) is 0 Å². The Morgan fingerprint density at radius 1 is 0.792 bits per heavy atom. The Labute approximate surface area is 146 Å². The van der Waals surface area contributed by atoms with Crippen molar-refractivity contribution in [2.75, 3.05) is 0 Å². The van der Waals surface area contributed by atoms with Crippen molar-refractivity contribution in [1.29, 1.82) is 0 Å². The average Bonchev–Trinajstić information content (AvgIpc) is 2.93. The van der Waals surface area contributed by atoms with Crippen LogP contribution in [0.4, 0.5) is 0 Å². The molecule has 0 fully saturated rings. The molecule has 0 radical (unpaired) electrons. The van der Waals surface area contributed by atoms with E-state index < -0.39 is 0 Å². The van der Waals surface area contributed by atoms with Gasteiger partial charge in [-0.15, -0.1) is 0 Å². The third-order valence-electron chi connectivity index (χ3n) is 4.18. The topological polar surface area (TPSA) is 17.8 Å². The van der Waals surface area contributed by atoms with Gasteiger partial charge in [-0.3, -0.25) is 0 Å². The van der Waals surface area contributed by atoms with Gasteiger partial charge in [0.1, 0.15) is 5.82 Å². The van der Waals surface area contributed by atoms with Crippen LogP contribution in [0.2, 0.25) is 5.02 Å². The van der Waals surface area contributed by atoms with Gasteiger partial charge in [-0.1, -0.05) is 72.3 Å². The first kappa shape index (κ1) is 15.0. The van der Waals surface area contributed by atoms with E-state index in [1.165, 1.54) is 11.1 Å². The molecule has 0 N–H and O–H groups in total. The number of aromatic nitrogens is 2. The second-order valence-electron chi connectivity index (χ2n) is 5.90. The lowest BCUT2D eigenvalue weighted by Crippen LogP contribution is -2.06. The Hall–Kier alpha value is -2.58. The summed E-state index contributed by atoms with van der Waals surface area (Å²) >= 11 is 6.15. The fraction of sp³-hybridized carbons (Fsp3) is 0.0952. The van der Waals surface area contributed by atoms with Crippen molar-refractivity contribution in [2.45, 2.75) is 13.0 Å². The zero-order valence-corrected chi connectivity index (χ0v) is 13.9. The van der Waals surface area contributed by atoms with Crippen molar-refractivity contribution in [2.24, 2.45) is 0 Å². The van der Waals surface area contributed by atoms with Crippen LogP contribution >= 0.6 is 11.6 Å². The molecule has 2 nitrogen and oxygen atoms in total. The number of hydrogen-bond donors (Lipinski definition) is 0. The summed E-state index contributed by atoms with van der Waals surface area (Å²) in [7, 11) is 0. The molecule has 0 aliphatic heterocycles. The molecule has 24 heavy (non-hydrogen) atoms. The number of hydrogen-bond acceptors (Lipinski definition) is 1. The van der Waals surface area contributed by atoms with E-state index in [2.05, 4.69) is 59.2 Å². The van der Waals surface area contributed by atoms with Gasteiger partial charge in [-0.05, 0) is 29.3 Å². The van der Waals surface area contributed by atoms with Crippen molar-refractivity contribution in [3.63, 3.8) is 0 Å². The Balaban J connectivity index is 1.80. The van der Waals surface area contributed by atoms with Gasteiger partial charge in [-0.2, -0.15) is 0 Å². The summed E-state index contributed by atoms with van der Waals surface area (Å²) in [6.07, 6.45) is 0.806. The van der Waals surface area contributed by atoms with Gasteiger partial charge in [0.05, 0.1) is 11.0 Å². The minimum atomic E-state index is 0.720. The predicted octanol–water partition coefficient (Wildman–Crippen LogP) is 5.33. The zero-order chi connectivity index (χ0) is 16.4. The summed E-state index contributed by atoms with van der Waals surface area (Å²) in [6, 6.07) is 26.8. The molecule has 0 aliphatic rings. The molecule has 4 aromatic rings. The van der Waals surface area contributed by atoms with Crippen LogP contribution in [0.5, 0.6) is 0 Å². The van der Waals surface area contributed by atoms with E-state index >= 15 is 0 Å². The van der Waals surface area contributed by atoms with E-state index in [0.29, 0.717) is 0 Å². The fourth-order valence-corrected chi connectivity index (χ4v) is 3.17. The largest absolute Gasteiger partial charge is 0.323 e. The second-order valence-corrected chi connectivity index (χ2v) is 6.33. The number of imidazole rings is 1. The summed E-state index contributed by atoms with van der Waals surface area (Å²) in [5.41, 5.74) is 4.59. The van der Waals surface area contributed by atoms with Crippen molar-refractivity contribution in [3.8, 4) is 0 Å². The van der Waals surface area contributed by atoms with Crippen LogP contribution in [0.25, 0.3) is 11.0 Å². The molecule has 0 atom stereocenters. The molecule has 1 heterocycles. The summed E-state index contributed by atoms with van der Waals surface area (Å²) in [5.74, 6) is 1.06. The minimum Gasteiger partial charge on any atom is -0.323 e. The SMILES string of the molecule is Clc1ccc2c(c1)nc(Cc1ccccc1)n2Cc1ccccc1. The maximum atomic E-state index is 6.15. The van der Waals surface area contributed by atoms with Gasteiger partial charge in [0, 0.05) is 18.0 Å². The first-order valence-electron chi connectivity index (χ1n) is 8.02. The Morgan fingerprint density at radius 3 is 2.17 bits per heavy atom. The number of nitrogens with zero attached hydrogens (tertiary/aromatic N) is 2. The molecule has 3 aromatic carbocycles. The lowest BCUT2D eigenvalue weighted by atomic mass is 10.1. The molecule has 3 heteroatoms. The molecule has 0 spiro atoms. The maximum Gasteiger partial charge on any atom is 0.114 e. The van der Waals surface area contributed by atoms with Crippen LogP contribution in [-0.2, 0) is 13.0 Å². The Bertz CT molecular complexity index is 959. The lowest BCUT2D eigenvalue weighted by molar-refractivity contribution is 0.762. The number of halogens is 1. The third-order valence-corrected chi connectivity index (χ3v) is 4.41. The van der Waals surface area contributed by atoms with E-state index in [0.717, 1.165) is 34.8 Å². The molecule has 1 aromatic heterocycles. The van der Waals surface area contributed by atoms with E-state index in [1.54, 1.807) is 0 Å². The van der Waals surface area contributed by atoms with Gasteiger partial charge in [-0.25, -0.2) is 4.98 Å². The molecule has 118 valence electrons.